The number of imidazole rings is 1. The first-order valence-corrected chi connectivity index (χ1v) is 9.07. The Hall–Kier alpha value is -2.34. The molecule has 0 spiro atoms. The third-order valence-electron chi connectivity index (χ3n) is 5.06. The van der Waals surface area contributed by atoms with Crippen LogP contribution in [0.15, 0.2) is 17.7 Å². The van der Waals surface area contributed by atoms with Crippen LogP contribution in [0.4, 0.5) is 0 Å². The van der Waals surface area contributed by atoms with Crippen molar-refractivity contribution in [2.24, 2.45) is 7.05 Å². The van der Waals surface area contributed by atoms with E-state index in [1.165, 1.54) is 6.42 Å². The Kier molecular flexibility index (Phi) is 6.08. The molecule has 142 valence electrons. The standard InChI is InChI=1S/C18H23N3O3.C2H6/c1-11(16(22)23)8-12-9-14-13(10-15(12)24-4)20-17(21(14)3)18(19-2)6-5-7-18;1-2/h8-10,19H,5-7H2,1-4H3,(H,22,23);1-2H3/b11-8+;. The molecule has 6 heteroatoms. The molecule has 0 unspecified atom stereocenters. The lowest BCUT2D eigenvalue weighted by Gasteiger charge is -2.40. The Morgan fingerprint density at radius 2 is 2.04 bits per heavy atom. The summed E-state index contributed by atoms with van der Waals surface area (Å²) in [5, 5.41) is 12.5. The fourth-order valence-corrected chi connectivity index (χ4v) is 3.36. The van der Waals surface area contributed by atoms with Crippen LogP contribution in [-0.4, -0.2) is 34.8 Å². The summed E-state index contributed by atoms with van der Waals surface area (Å²) < 4.78 is 7.53. The fourth-order valence-electron chi connectivity index (χ4n) is 3.36. The minimum absolute atomic E-state index is 0.0615. The van der Waals surface area contributed by atoms with Crippen molar-refractivity contribution in [3.8, 4) is 5.75 Å². The maximum atomic E-state index is 11.1. The maximum Gasteiger partial charge on any atom is 0.331 e. The van der Waals surface area contributed by atoms with Gasteiger partial charge in [0.05, 0.1) is 23.7 Å². The summed E-state index contributed by atoms with van der Waals surface area (Å²) in [6, 6.07) is 3.82. The minimum atomic E-state index is -0.938. The summed E-state index contributed by atoms with van der Waals surface area (Å²) in [7, 11) is 5.56. The number of ether oxygens (including phenoxy) is 1. The lowest BCUT2D eigenvalue weighted by Crippen LogP contribution is -2.47. The topological polar surface area (TPSA) is 76.4 Å². The van der Waals surface area contributed by atoms with Gasteiger partial charge in [-0.1, -0.05) is 13.8 Å². The number of hydrogen-bond acceptors (Lipinski definition) is 4. The molecule has 0 aliphatic heterocycles. The fraction of sp³-hybridized carbons (Fsp3) is 0.500. The first-order chi connectivity index (χ1) is 12.4. The first-order valence-electron chi connectivity index (χ1n) is 9.07. The molecule has 0 saturated heterocycles. The van der Waals surface area contributed by atoms with E-state index in [1.807, 2.05) is 40.1 Å². The molecule has 0 radical (unpaired) electrons. The molecule has 3 rings (SSSR count). The van der Waals surface area contributed by atoms with E-state index >= 15 is 0 Å². The van der Waals surface area contributed by atoms with Gasteiger partial charge < -0.3 is 19.7 Å². The SMILES string of the molecule is CC.CNC1(c2nc3cc(OC)c(/C=C(\C)C(=O)O)cc3n2C)CCC1. The molecule has 1 saturated carbocycles. The van der Waals surface area contributed by atoms with Gasteiger partial charge in [-0.25, -0.2) is 9.78 Å². The number of nitrogens with one attached hydrogen (secondary N) is 1. The number of rotatable bonds is 5. The van der Waals surface area contributed by atoms with Gasteiger partial charge in [0.25, 0.3) is 0 Å². The van der Waals surface area contributed by atoms with Crippen LogP contribution in [0.2, 0.25) is 0 Å². The molecule has 1 aromatic carbocycles. The number of fused-ring (bicyclic) bond motifs is 1. The van der Waals surface area contributed by atoms with Crippen LogP contribution in [0, 0.1) is 0 Å². The van der Waals surface area contributed by atoms with Crippen molar-refractivity contribution in [2.75, 3.05) is 14.2 Å². The third kappa shape index (κ3) is 3.33. The van der Waals surface area contributed by atoms with Crippen LogP contribution in [0.3, 0.4) is 0 Å². The molecule has 2 N–H and O–H groups in total. The van der Waals surface area contributed by atoms with E-state index < -0.39 is 5.97 Å². The van der Waals surface area contributed by atoms with Crippen molar-refractivity contribution in [3.63, 3.8) is 0 Å². The predicted molar refractivity (Wildman–Crippen MR) is 104 cm³/mol. The Labute approximate surface area is 154 Å². The van der Waals surface area contributed by atoms with Crippen molar-refractivity contribution < 1.29 is 14.6 Å². The monoisotopic (exact) mass is 359 g/mol. The first kappa shape index (κ1) is 20.0. The highest BCUT2D eigenvalue weighted by atomic mass is 16.5. The van der Waals surface area contributed by atoms with Crippen molar-refractivity contribution in [3.05, 3.63) is 29.1 Å². The number of hydrogen-bond donors (Lipinski definition) is 2. The van der Waals surface area contributed by atoms with Crippen molar-refractivity contribution in [1.82, 2.24) is 14.9 Å². The summed E-state index contributed by atoms with van der Waals surface area (Å²) in [5.41, 5.74) is 2.77. The van der Waals surface area contributed by atoms with E-state index in [9.17, 15) is 4.79 Å². The molecule has 1 aliphatic carbocycles. The number of carboxylic acids is 1. The highest BCUT2D eigenvalue weighted by molar-refractivity contribution is 5.93. The molecule has 26 heavy (non-hydrogen) atoms. The normalized spacial score (nSPS) is 15.8. The maximum absolute atomic E-state index is 11.1. The van der Waals surface area contributed by atoms with E-state index in [4.69, 9.17) is 14.8 Å². The Morgan fingerprint density at radius 1 is 1.38 bits per heavy atom. The molecule has 1 fully saturated rings. The van der Waals surface area contributed by atoms with Gasteiger partial charge in [-0.15, -0.1) is 0 Å². The summed E-state index contributed by atoms with van der Waals surface area (Å²) in [6.45, 7) is 5.57. The minimum Gasteiger partial charge on any atom is -0.496 e. The van der Waals surface area contributed by atoms with Crippen molar-refractivity contribution in [2.45, 2.75) is 45.6 Å². The molecule has 1 heterocycles. The number of methoxy groups -OCH3 is 1. The van der Waals surface area contributed by atoms with Crippen molar-refractivity contribution in [1.29, 1.82) is 0 Å². The predicted octanol–water partition coefficient (Wildman–Crippen LogP) is 3.69. The van der Waals surface area contributed by atoms with Gasteiger partial charge in [0.1, 0.15) is 11.6 Å². The van der Waals surface area contributed by atoms with Gasteiger partial charge in [0, 0.05) is 24.3 Å². The molecule has 0 atom stereocenters. The van der Waals surface area contributed by atoms with Gasteiger partial charge in [-0.3, -0.25) is 0 Å². The average Bonchev–Trinajstić information content (AvgIpc) is 2.92. The Morgan fingerprint density at radius 3 is 2.50 bits per heavy atom. The molecule has 2 aromatic rings. The van der Waals surface area contributed by atoms with E-state index in [1.54, 1.807) is 20.1 Å². The quantitative estimate of drug-likeness (QED) is 0.796. The van der Waals surface area contributed by atoms with Gasteiger partial charge in [-0.2, -0.15) is 0 Å². The lowest BCUT2D eigenvalue weighted by molar-refractivity contribution is -0.132. The van der Waals surface area contributed by atoms with Crippen LogP contribution >= 0.6 is 0 Å². The summed E-state index contributed by atoms with van der Waals surface area (Å²) in [6.07, 6.45) is 4.97. The summed E-state index contributed by atoms with van der Waals surface area (Å²) >= 11 is 0. The van der Waals surface area contributed by atoms with Crippen LogP contribution in [0.5, 0.6) is 5.75 Å². The van der Waals surface area contributed by atoms with Gasteiger partial charge >= 0.3 is 5.97 Å². The smallest absolute Gasteiger partial charge is 0.331 e. The second-order valence-electron chi connectivity index (χ2n) is 6.40. The van der Waals surface area contributed by atoms with Gasteiger partial charge in [0.15, 0.2) is 0 Å². The number of aliphatic carboxylic acids is 1. The van der Waals surface area contributed by atoms with Crippen LogP contribution in [0.1, 0.15) is 51.4 Å². The van der Waals surface area contributed by atoms with E-state index in [2.05, 4.69) is 9.88 Å². The molecule has 0 bridgehead atoms. The number of carboxylic acid groups (broad SMARTS) is 1. The third-order valence-corrected chi connectivity index (χ3v) is 5.06. The largest absolute Gasteiger partial charge is 0.496 e. The Balaban J connectivity index is 0.00000117. The van der Waals surface area contributed by atoms with Crippen molar-refractivity contribution >= 4 is 23.1 Å². The average molecular weight is 359 g/mol. The second kappa shape index (κ2) is 7.91. The molecular weight excluding hydrogens is 330 g/mol. The highest BCUT2D eigenvalue weighted by Gasteiger charge is 2.41. The molecule has 1 aromatic heterocycles. The highest BCUT2D eigenvalue weighted by Crippen LogP contribution is 2.41. The number of aryl methyl sites for hydroxylation is 1. The van der Waals surface area contributed by atoms with E-state index in [0.717, 1.165) is 35.3 Å². The number of carbonyl (C=O) groups is 1. The van der Waals surface area contributed by atoms with Gasteiger partial charge in [-0.05, 0) is 45.4 Å². The van der Waals surface area contributed by atoms with Crippen LogP contribution in [0.25, 0.3) is 17.1 Å². The zero-order valence-corrected chi connectivity index (χ0v) is 16.5. The zero-order chi connectivity index (χ0) is 19.5. The van der Waals surface area contributed by atoms with Crippen LogP contribution in [-0.2, 0) is 17.4 Å². The van der Waals surface area contributed by atoms with E-state index in [-0.39, 0.29) is 11.1 Å². The van der Waals surface area contributed by atoms with E-state index in [0.29, 0.717) is 5.75 Å². The van der Waals surface area contributed by atoms with Gasteiger partial charge in [0.2, 0.25) is 0 Å². The van der Waals surface area contributed by atoms with Crippen LogP contribution < -0.4 is 10.1 Å². The number of aromatic nitrogens is 2. The summed E-state index contributed by atoms with van der Waals surface area (Å²) in [5.74, 6) is 0.704. The summed E-state index contributed by atoms with van der Waals surface area (Å²) in [4.78, 5) is 15.9. The zero-order valence-electron chi connectivity index (χ0n) is 16.5. The molecule has 0 amide bonds. The number of nitrogens with zero attached hydrogens (tertiary/aromatic N) is 2. The lowest BCUT2D eigenvalue weighted by atomic mass is 9.76. The Bertz CT molecular complexity index is 827. The molecular formula is C20H29N3O3. The number of benzene rings is 1. The molecule has 6 nitrogen and oxygen atoms in total. The molecule has 1 aliphatic rings. The second-order valence-corrected chi connectivity index (χ2v) is 6.40.